The minimum atomic E-state index is -0.269. The second-order valence-corrected chi connectivity index (χ2v) is 4.70. The highest BCUT2D eigenvalue weighted by Gasteiger charge is 2.17. The summed E-state index contributed by atoms with van der Waals surface area (Å²) in [6, 6.07) is 19.0. The van der Waals surface area contributed by atoms with Gasteiger partial charge >= 0.3 is 6.03 Å². The zero-order valence-electron chi connectivity index (χ0n) is 11.5. The summed E-state index contributed by atoms with van der Waals surface area (Å²) in [6.07, 6.45) is 0.719. The zero-order chi connectivity index (χ0) is 14.5. The molecule has 1 heterocycles. The number of amides is 2. The second-order valence-electron chi connectivity index (χ2n) is 4.70. The van der Waals surface area contributed by atoms with Crippen LogP contribution in [0.1, 0.15) is 6.42 Å². The molecular weight excluding hydrogens is 264 g/mol. The molecule has 1 aliphatic rings. The molecule has 0 unspecified atom stereocenters. The Bertz CT molecular complexity index is 640. The van der Waals surface area contributed by atoms with Gasteiger partial charge < -0.3 is 5.32 Å². The molecule has 0 spiro atoms. The first-order chi connectivity index (χ1) is 10.3. The lowest BCUT2D eigenvalue weighted by Gasteiger charge is -2.12. The largest absolute Gasteiger partial charge is 0.324 e. The first-order valence-electron chi connectivity index (χ1n) is 6.84. The number of hydrogen-bond donors (Lipinski definition) is 2. The maximum absolute atomic E-state index is 11.9. The Hall–Kier alpha value is -2.82. The van der Waals surface area contributed by atoms with Gasteiger partial charge in [0.05, 0.1) is 5.69 Å². The van der Waals surface area contributed by atoms with E-state index < -0.39 is 0 Å². The molecule has 0 saturated heterocycles. The van der Waals surface area contributed by atoms with Gasteiger partial charge in [0.2, 0.25) is 0 Å². The van der Waals surface area contributed by atoms with Crippen LogP contribution >= 0.6 is 0 Å². The number of carbonyl (C=O) groups excluding carboxylic acids is 1. The Balaban J connectivity index is 1.60. The van der Waals surface area contributed by atoms with Gasteiger partial charge in [-0.1, -0.05) is 36.4 Å². The van der Waals surface area contributed by atoms with Crippen molar-refractivity contribution in [2.24, 2.45) is 5.10 Å². The Morgan fingerprint density at radius 3 is 2.33 bits per heavy atom. The Labute approximate surface area is 123 Å². The van der Waals surface area contributed by atoms with E-state index in [1.807, 2.05) is 65.7 Å². The number of urea groups is 1. The standard InChI is InChI=1S/C16H16N4O/c21-16(17-13-7-3-1-4-8-13)18-15-11-12-20(19-15)14-9-5-2-6-10-14/h1-10H,11-12H2,(H2,17,18,19,21). The highest BCUT2D eigenvalue weighted by atomic mass is 16.2. The molecular formula is C16H16N4O. The summed E-state index contributed by atoms with van der Waals surface area (Å²) in [4.78, 5) is 11.9. The van der Waals surface area contributed by atoms with E-state index in [2.05, 4.69) is 15.7 Å². The predicted molar refractivity (Wildman–Crippen MR) is 84.4 cm³/mol. The summed E-state index contributed by atoms with van der Waals surface area (Å²) >= 11 is 0. The molecule has 2 amide bonds. The Morgan fingerprint density at radius 2 is 1.62 bits per heavy atom. The van der Waals surface area contributed by atoms with Gasteiger partial charge in [0.15, 0.2) is 0 Å². The van der Waals surface area contributed by atoms with E-state index >= 15 is 0 Å². The van der Waals surface area contributed by atoms with E-state index in [1.165, 1.54) is 0 Å². The molecule has 2 aromatic carbocycles. The molecule has 2 aromatic rings. The lowest BCUT2D eigenvalue weighted by atomic mass is 10.3. The summed E-state index contributed by atoms with van der Waals surface area (Å²) in [7, 11) is 0. The van der Waals surface area contributed by atoms with Crippen LogP contribution in [0.4, 0.5) is 16.2 Å². The fourth-order valence-corrected chi connectivity index (χ4v) is 2.15. The van der Waals surface area contributed by atoms with Gasteiger partial charge in [-0.3, -0.25) is 10.3 Å². The summed E-state index contributed by atoms with van der Waals surface area (Å²) in [5, 5.41) is 11.9. The number of carbonyl (C=O) groups is 1. The molecule has 0 saturated carbocycles. The van der Waals surface area contributed by atoms with Crippen LogP contribution in [0.5, 0.6) is 0 Å². The van der Waals surface area contributed by atoms with Crippen LogP contribution in [-0.2, 0) is 0 Å². The maximum atomic E-state index is 11.9. The molecule has 3 rings (SSSR count). The normalized spacial score (nSPS) is 13.7. The zero-order valence-corrected chi connectivity index (χ0v) is 11.5. The molecule has 0 radical (unpaired) electrons. The topological polar surface area (TPSA) is 56.7 Å². The lowest BCUT2D eigenvalue weighted by Crippen LogP contribution is -2.33. The van der Waals surface area contributed by atoms with Crippen LogP contribution in [0.2, 0.25) is 0 Å². The first-order valence-corrected chi connectivity index (χ1v) is 6.84. The van der Waals surface area contributed by atoms with E-state index in [0.29, 0.717) is 5.84 Å². The molecule has 5 nitrogen and oxygen atoms in total. The third-order valence-electron chi connectivity index (χ3n) is 3.15. The van der Waals surface area contributed by atoms with Gasteiger partial charge in [-0.25, -0.2) is 4.79 Å². The van der Waals surface area contributed by atoms with Crippen molar-refractivity contribution < 1.29 is 4.79 Å². The van der Waals surface area contributed by atoms with Crippen LogP contribution < -0.4 is 15.6 Å². The van der Waals surface area contributed by atoms with Gasteiger partial charge in [-0.15, -0.1) is 0 Å². The predicted octanol–water partition coefficient (Wildman–Crippen LogP) is 3.03. The van der Waals surface area contributed by atoms with Crippen LogP contribution in [0.3, 0.4) is 0 Å². The maximum Gasteiger partial charge on any atom is 0.324 e. The summed E-state index contributed by atoms with van der Waals surface area (Å²) < 4.78 is 0. The van der Waals surface area contributed by atoms with Crippen molar-refractivity contribution in [2.45, 2.75) is 6.42 Å². The molecule has 0 bridgehead atoms. The first kappa shape index (κ1) is 13.2. The number of hydrogen-bond acceptors (Lipinski definition) is 3. The highest BCUT2D eigenvalue weighted by Crippen LogP contribution is 2.17. The SMILES string of the molecule is O=C(NC1=NN(c2ccccc2)CC1)Nc1ccccc1. The second kappa shape index (κ2) is 6.09. The number of nitrogens with zero attached hydrogens (tertiary/aromatic N) is 2. The van der Waals surface area contributed by atoms with Crippen LogP contribution in [0.25, 0.3) is 0 Å². The van der Waals surface area contributed by atoms with Crippen molar-refractivity contribution in [1.29, 1.82) is 0 Å². The van der Waals surface area contributed by atoms with E-state index in [1.54, 1.807) is 0 Å². The molecule has 21 heavy (non-hydrogen) atoms. The van der Waals surface area contributed by atoms with Gasteiger partial charge in [-0.2, -0.15) is 5.10 Å². The molecule has 2 N–H and O–H groups in total. The van der Waals surface area contributed by atoms with Gasteiger partial charge in [0, 0.05) is 18.7 Å². The van der Waals surface area contributed by atoms with E-state index in [-0.39, 0.29) is 6.03 Å². The van der Waals surface area contributed by atoms with Crippen LogP contribution in [-0.4, -0.2) is 18.4 Å². The summed E-state index contributed by atoms with van der Waals surface area (Å²) in [6.45, 7) is 0.769. The van der Waals surface area contributed by atoms with Gasteiger partial charge in [0.1, 0.15) is 5.84 Å². The third-order valence-corrected chi connectivity index (χ3v) is 3.15. The van der Waals surface area contributed by atoms with Crippen molar-refractivity contribution in [1.82, 2.24) is 5.32 Å². The van der Waals surface area contributed by atoms with E-state index in [9.17, 15) is 4.79 Å². The molecule has 106 valence electrons. The van der Waals surface area contributed by atoms with Crippen molar-refractivity contribution >= 4 is 23.2 Å². The molecule has 5 heteroatoms. The minimum Gasteiger partial charge on any atom is -0.308 e. The van der Waals surface area contributed by atoms with Crippen molar-refractivity contribution in [3.63, 3.8) is 0 Å². The molecule has 0 aromatic heterocycles. The average molecular weight is 280 g/mol. The fraction of sp³-hybridized carbons (Fsp3) is 0.125. The summed E-state index contributed by atoms with van der Waals surface area (Å²) in [5.41, 5.74) is 1.78. The Kier molecular flexibility index (Phi) is 3.82. The third kappa shape index (κ3) is 3.39. The molecule has 0 aliphatic carbocycles. The van der Waals surface area contributed by atoms with E-state index in [4.69, 9.17) is 0 Å². The Morgan fingerprint density at radius 1 is 0.952 bits per heavy atom. The van der Waals surface area contributed by atoms with Crippen molar-refractivity contribution in [3.05, 3.63) is 60.7 Å². The van der Waals surface area contributed by atoms with E-state index in [0.717, 1.165) is 24.3 Å². The fourth-order valence-electron chi connectivity index (χ4n) is 2.15. The quantitative estimate of drug-likeness (QED) is 0.888. The number of para-hydroxylation sites is 2. The smallest absolute Gasteiger partial charge is 0.308 e. The molecule has 1 aliphatic heterocycles. The average Bonchev–Trinajstić information content (AvgIpc) is 2.97. The van der Waals surface area contributed by atoms with Crippen LogP contribution in [0, 0.1) is 0 Å². The number of nitrogens with one attached hydrogen (secondary N) is 2. The van der Waals surface area contributed by atoms with Crippen LogP contribution in [0.15, 0.2) is 65.8 Å². The number of benzene rings is 2. The summed E-state index contributed by atoms with van der Waals surface area (Å²) in [5.74, 6) is 0.673. The monoisotopic (exact) mass is 280 g/mol. The highest BCUT2D eigenvalue weighted by molar-refractivity contribution is 6.04. The number of rotatable bonds is 2. The number of anilines is 2. The minimum absolute atomic E-state index is 0.269. The van der Waals surface area contributed by atoms with Gasteiger partial charge in [0.25, 0.3) is 0 Å². The van der Waals surface area contributed by atoms with Crippen molar-refractivity contribution in [3.8, 4) is 0 Å². The molecule has 0 atom stereocenters. The van der Waals surface area contributed by atoms with Crippen molar-refractivity contribution in [2.75, 3.05) is 16.9 Å². The number of hydrazone groups is 1. The lowest BCUT2D eigenvalue weighted by molar-refractivity contribution is 0.256. The molecule has 0 fully saturated rings. The number of amidine groups is 1. The van der Waals surface area contributed by atoms with Gasteiger partial charge in [-0.05, 0) is 24.3 Å².